The van der Waals surface area contributed by atoms with E-state index in [4.69, 9.17) is 0 Å². The Labute approximate surface area is 106 Å². The fourth-order valence-corrected chi connectivity index (χ4v) is 2.39. The van der Waals surface area contributed by atoms with E-state index in [9.17, 15) is 17.2 Å². The third-order valence-corrected chi connectivity index (χ3v) is 4.21. The molecule has 0 amide bonds. The summed E-state index contributed by atoms with van der Waals surface area (Å²) in [6, 6.07) is 2.14. The largest absolute Gasteiger partial charge is 0.313 e. The van der Waals surface area contributed by atoms with E-state index < -0.39 is 26.6 Å². The van der Waals surface area contributed by atoms with Gasteiger partial charge in [0.05, 0.1) is 0 Å². The summed E-state index contributed by atoms with van der Waals surface area (Å²) in [7, 11) is -1.45. The van der Waals surface area contributed by atoms with E-state index in [1.165, 1.54) is 14.1 Å². The van der Waals surface area contributed by atoms with Crippen molar-refractivity contribution in [1.29, 1.82) is 0 Å². The van der Waals surface area contributed by atoms with Gasteiger partial charge in [0.1, 0.15) is 4.90 Å². The molecule has 0 saturated carbocycles. The molecule has 1 aromatic carbocycles. The van der Waals surface area contributed by atoms with Gasteiger partial charge in [-0.2, -0.15) is 0 Å². The average molecular weight is 278 g/mol. The molecule has 0 heterocycles. The first-order valence-electron chi connectivity index (χ1n) is 5.41. The zero-order valence-electron chi connectivity index (χ0n) is 10.5. The Morgan fingerprint density at radius 1 is 1.28 bits per heavy atom. The van der Waals surface area contributed by atoms with Gasteiger partial charge in [0.15, 0.2) is 11.6 Å². The maximum absolute atomic E-state index is 13.6. The van der Waals surface area contributed by atoms with Gasteiger partial charge in [-0.05, 0) is 24.2 Å². The lowest BCUT2D eigenvalue weighted by Crippen LogP contribution is -2.24. The lowest BCUT2D eigenvalue weighted by Gasteiger charge is -2.14. The summed E-state index contributed by atoms with van der Waals surface area (Å²) in [6.45, 7) is 2.79. The molecule has 0 bridgehead atoms. The summed E-state index contributed by atoms with van der Waals surface area (Å²) in [5, 5.41) is 2.92. The molecule has 102 valence electrons. The quantitative estimate of drug-likeness (QED) is 0.884. The van der Waals surface area contributed by atoms with Crippen LogP contribution in [-0.2, 0) is 16.6 Å². The van der Waals surface area contributed by atoms with E-state index in [0.29, 0.717) is 12.1 Å². The normalized spacial score (nSPS) is 12.1. The second-order valence-electron chi connectivity index (χ2n) is 3.96. The Hall–Kier alpha value is -1.05. The molecule has 0 spiro atoms. The summed E-state index contributed by atoms with van der Waals surface area (Å²) >= 11 is 0. The summed E-state index contributed by atoms with van der Waals surface area (Å²) in [6.07, 6.45) is 0. The Bertz CT molecular complexity index is 530. The van der Waals surface area contributed by atoms with E-state index in [0.717, 1.165) is 16.4 Å². The van der Waals surface area contributed by atoms with Gasteiger partial charge in [-0.3, -0.25) is 0 Å². The van der Waals surface area contributed by atoms with Crippen LogP contribution in [0.5, 0.6) is 0 Å². The van der Waals surface area contributed by atoms with Crippen LogP contribution < -0.4 is 5.32 Å². The highest BCUT2D eigenvalue weighted by atomic mass is 32.2. The Morgan fingerprint density at radius 3 is 2.39 bits per heavy atom. The molecule has 7 heteroatoms. The van der Waals surface area contributed by atoms with E-state index in [-0.39, 0.29) is 6.54 Å². The van der Waals surface area contributed by atoms with E-state index >= 15 is 0 Å². The van der Waals surface area contributed by atoms with Gasteiger partial charge >= 0.3 is 0 Å². The molecular formula is C11H16F2N2O2S. The first-order valence-corrected chi connectivity index (χ1v) is 6.85. The summed E-state index contributed by atoms with van der Waals surface area (Å²) < 4.78 is 51.4. The molecule has 0 atom stereocenters. The predicted molar refractivity (Wildman–Crippen MR) is 64.6 cm³/mol. The fraction of sp³-hybridized carbons (Fsp3) is 0.455. The maximum atomic E-state index is 13.6. The summed E-state index contributed by atoms with van der Waals surface area (Å²) in [4.78, 5) is -0.639. The van der Waals surface area contributed by atoms with Crippen LogP contribution in [0, 0.1) is 11.6 Å². The number of hydrogen-bond acceptors (Lipinski definition) is 3. The number of sulfonamides is 1. The molecule has 0 radical (unpaired) electrons. The highest BCUT2D eigenvalue weighted by Gasteiger charge is 2.24. The van der Waals surface area contributed by atoms with Crippen LogP contribution in [0.15, 0.2) is 17.0 Å². The van der Waals surface area contributed by atoms with Crippen LogP contribution in [0.1, 0.15) is 12.5 Å². The van der Waals surface area contributed by atoms with E-state index in [2.05, 4.69) is 5.32 Å². The minimum atomic E-state index is -3.99. The van der Waals surface area contributed by atoms with Crippen molar-refractivity contribution in [3.8, 4) is 0 Å². The van der Waals surface area contributed by atoms with Crippen LogP contribution in [-0.4, -0.2) is 33.4 Å². The standard InChI is InChI=1S/C11H16F2N2O2S/c1-4-14-7-8-5-9(12)11(13)10(6-8)18(16,17)15(2)3/h5-6,14H,4,7H2,1-3H3. The molecule has 0 aliphatic heterocycles. The molecule has 0 aliphatic carbocycles. The summed E-state index contributed by atoms with van der Waals surface area (Å²) in [5.41, 5.74) is 0.385. The van der Waals surface area contributed by atoms with Crippen molar-refractivity contribution in [3.63, 3.8) is 0 Å². The lowest BCUT2D eigenvalue weighted by molar-refractivity contribution is 0.469. The molecular weight excluding hydrogens is 262 g/mol. The number of hydrogen-bond donors (Lipinski definition) is 1. The molecule has 4 nitrogen and oxygen atoms in total. The molecule has 0 aromatic heterocycles. The molecule has 1 aromatic rings. The highest BCUT2D eigenvalue weighted by molar-refractivity contribution is 7.89. The smallest absolute Gasteiger partial charge is 0.245 e. The molecule has 0 aliphatic rings. The molecule has 1 N–H and O–H groups in total. The first-order chi connectivity index (χ1) is 8.30. The second-order valence-corrected chi connectivity index (χ2v) is 6.08. The molecule has 0 unspecified atom stereocenters. The van der Waals surface area contributed by atoms with Crippen molar-refractivity contribution in [2.45, 2.75) is 18.4 Å². The van der Waals surface area contributed by atoms with Crippen molar-refractivity contribution in [3.05, 3.63) is 29.3 Å². The zero-order chi connectivity index (χ0) is 13.9. The van der Waals surface area contributed by atoms with Gasteiger partial charge in [0.25, 0.3) is 0 Å². The van der Waals surface area contributed by atoms with Crippen LogP contribution in [0.25, 0.3) is 0 Å². The zero-order valence-corrected chi connectivity index (χ0v) is 11.3. The topological polar surface area (TPSA) is 49.4 Å². The monoisotopic (exact) mass is 278 g/mol. The third-order valence-electron chi connectivity index (χ3n) is 2.39. The number of rotatable bonds is 5. The lowest BCUT2D eigenvalue weighted by atomic mass is 10.2. The van der Waals surface area contributed by atoms with Gasteiger partial charge in [-0.15, -0.1) is 0 Å². The van der Waals surface area contributed by atoms with Gasteiger partial charge in [0, 0.05) is 20.6 Å². The third kappa shape index (κ3) is 3.04. The fourth-order valence-electron chi connectivity index (χ4n) is 1.37. The Morgan fingerprint density at radius 2 is 1.89 bits per heavy atom. The number of nitrogens with one attached hydrogen (secondary N) is 1. The van der Waals surface area contributed by atoms with Crippen LogP contribution in [0.3, 0.4) is 0 Å². The van der Waals surface area contributed by atoms with Crippen LogP contribution in [0.4, 0.5) is 8.78 Å². The minimum absolute atomic E-state index is 0.281. The number of halogens is 2. The van der Waals surface area contributed by atoms with Crippen molar-refractivity contribution in [2.24, 2.45) is 0 Å². The van der Waals surface area contributed by atoms with Gasteiger partial charge < -0.3 is 5.32 Å². The van der Waals surface area contributed by atoms with E-state index in [1.807, 2.05) is 6.92 Å². The second kappa shape index (κ2) is 5.73. The van der Waals surface area contributed by atoms with Crippen LogP contribution >= 0.6 is 0 Å². The molecule has 0 fully saturated rings. The van der Waals surface area contributed by atoms with Crippen LogP contribution in [0.2, 0.25) is 0 Å². The van der Waals surface area contributed by atoms with E-state index in [1.54, 1.807) is 0 Å². The summed E-state index contributed by atoms with van der Waals surface area (Å²) in [5.74, 6) is -2.50. The number of nitrogens with zero attached hydrogens (tertiary/aromatic N) is 1. The number of benzene rings is 1. The molecule has 0 saturated heterocycles. The minimum Gasteiger partial charge on any atom is -0.313 e. The SMILES string of the molecule is CCNCc1cc(F)c(F)c(S(=O)(=O)N(C)C)c1. The first kappa shape index (κ1) is 15.0. The highest BCUT2D eigenvalue weighted by Crippen LogP contribution is 2.22. The van der Waals surface area contributed by atoms with Crippen molar-refractivity contribution in [1.82, 2.24) is 9.62 Å². The van der Waals surface area contributed by atoms with Crippen molar-refractivity contribution < 1.29 is 17.2 Å². The van der Waals surface area contributed by atoms with Crippen molar-refractivity contribution in [2.75, 3.05) is 20.6 Å². The Balaban J connectivity index is 3.31. The molecule has 1 rings (SSSR count). The van der Waals surface area contributed by atoms with Gasteiger partial charge in [-0.1, -0.05) is 6.92 Å². The Kier molecular flexibility index (Phi) is 4.78. The average Bonchev–Trinajstić information content (AvgIpc) is 2.29. The van der Waals surface area contributed by atoms with Crippen molar-refractivity contribution >= 4 is 10.0 Å². The van der Waals surface area contributed by atoms with Gasteiger partial charge in [0.2, 0.25) is 10.0 Å². The predicted octanol–water partition coefficient (Wildman–Crippen LogP) is 1.32. The van der Waals surface area contributed by atoms with Gasteiger partial charge in [-0.25, -0.2) is 21.5 Å². The molecule has 18 heavy (non-hydrogen) atoms. The maximum Gasteiger partial charge on any atom is 0.245 e.